The lowest BCUT2D eigenvalue weighted by atomic mass is 9.84. The largest absolute Gasteiger partial charge is 0.446 e. The van der Waals surface area contributed by atoms with E-state index in [9.17, 15) is 9.90 Å². The molecule has 4 aliphatic rings. The number of allylic oxidation sites excluding steroid dienone is 2. The van der Waals surface area contributed by atoms with Gasteiger partial charge in [0.2, 0.25) is 0 Å². The summed E-state index contributed by atoms with van der Waals surface area (Å²) in [4.78, 5) is 17.7. The highest BCUT2D eigenvalue weighted by Gasteiger charge is 2.36. The van der Waals surface area contributed by atoms with Crippen molar-refractivity contribution in [2.24, 2.45) is 7.05 Å². The minimum atomic E-state index is -1.19. The summed E-state index contributed by atoms with van der Waals surface area (Å²) < 4.78 is 7.34. The van der Waals surface area contributed by atoms with Gasteiger partial charge >= 0.3 is 6.09 Å². The topological polar surface area (TPSA) is 91.7 Å². The highest BCUT2D eigenvalue weighted by Crippen LogP contribution is 2.41. The molecule has 2 aliphatic heterocycles. The molecule has 0 spiro atoms. The minimum Gasteiger partial charge on any atom is -0.446 e. The number of benzene rings is 1. The van der Waals surface area contributed by atoms with Crippen molar-refractivity contribution in [2.75, 3.05) is 26.2 Å². The summed E-state index contributed by atoms with van der Waals surface area (Å²) in [6, 6.07) is 6.08. The second-order valence-corrected chi connectivity index (χ2v) is 11.6. The number of aliphatic hydroxyl groups is 1. The van der Waals surface area contributed by atoms with Crippen LogP contribution in [0.25, 0.3) is 5.57 Å². The number of hydrogen-bond donors (Lipinski definition) is 3. The Bertz CT molecular complexity index is 1290. The third kappa shape index (κ3) is 6.45. The predicted octanol–water partition coefficient (Wildman–Crippen LogP) is 4.69. The molecule has 1 aromatic carbocycles. The molecule has 1 amide bonds. The van der Waals surface area contributed by atoms with Crippen LogP contribution in [-0.4, -0.2) is 64.0 Å². The SMILES string of the molecule is Cn1cncc1[C@](C)(O)C1=CC2=CC=CNC2Cc2ccc(Cl)cc21.O=C(OC1CCCCC1)N1CCNCC1. The van der Waals surface area contributed by atoms with Crippen molar-refractivity contribution in [3.05, 3.63) is 82.6 Å². The van der Waals surface area contributed by atoms with Crippen molar-refractivity contribution in [3.8, 4) is 0 Å². The first-order valence-electron chi connectivity index (χ1n) is 14.3. The number of nitrogens with one attached hydrogen (secondary N) is 2. The van der Waals surface area contributed by atoms with Crippen LogP contribution in [-0.2, 0) is 23.8 Å². The number of amides is 1. The molecule has 2 atom stereocenters. The van der Waals surface area contributed by atoms with Gasteiger partial charge in [-0.25, -0.2) is 9.78 Å². The number of hydrogen-bond acceptors (Lipinski definition) is 6. The molecule has 1 saturated carbocycles. The summed E-state index contributed by atoms with van der Waals surface area (Å²) in [5.74, 6) is 0. The van der Waals surface area contributed by atoms with Gasteiger partial charge in [-0.1, -0.05) is 30.2 Å². The Kier molecular flexibility index (Phi) is 8.98. The quantitative estimate of drug-likeness (QED) is 0.500. The molecular formula is C31H40ClN5O3. The van der Waals surface area contributed by atoms with E-state index >= 15 is 0 Å². The van der Waals surface area contributed by atoms with E-state index in [0.717, 1.165) is 73.4 Å². The number of carbonyl (C=O) groups excluding carboxylic acids is 1. The molecule has 9 heteroatoms. The molecule has 0 radical (unpaired) electrons. The fourth-order valence-electron chi connectivity index (χ4n) is 5.93. The number of ether oxygens (including phenoxy) is 1. The van der Waals surface area contributed by atoms with E-state index in [-0.39, 0.29) is 18.2 Å². The zero-order chi connectivity index (χ0) is 28.1. The lowest BCUT2D eigenvalue weighted by molar-refractivity contribution is 0.0433. The molecule has 1 saturated heterocycles. The van der Waals surface area contributed by atoms with E-state index in [1.165, 1.54) is 19.3 Å². The number of fused-ring (bicyclic) bond motifs is 2. The van der Waals surface area contributed by atoms with Crippen LogP contribution in [0.5, 0.6) is 0 Å². The lowest BCUT2D eigenvalue weighted by Crippen LogP contribution is -2.47. The van der Waals surface area contributed by atoms with Crippen LogP contribution >= 0.6 is 11.6 Å². The number of aryl methyl sites for hydroxylation is 1. The number of piperazine rings is 1. The van der Waals surface area contributed by atoms with E-state index in [1.807, 2.05) is 53.9 Å². The smallest absolute Gasteiger partial charge is 0.410 e. The normalized spacial score (nSPS) is 22.2. The van der Waals surface area contributed by atoms with Crippen LogP contribution in [0.15, 0.2) is 60.7 Å². The van der Waals surface area contributed by atoms with E-state index < -0.39 is 5.60 Å². The van der Waals surface area contributed by atoms with E-state index in [4.69, 9.17) is 16.3 Å². The van der Waals surface area contributed by atoms with Crippen molar-refractivity contribution < 1.29 is 14.6 Å². The number of imidazole rings is 1. The number of rotatable bonds is 3. The molecule has 6 rings (SSSR count). The van der Waals surface area contributed by atoms with Crippen molar-refractivity contribution in [1.29, 1.82) is 0 Å². The lowest BCUT2D eigenvalue weighted by Gasteiger charge is -2.29. The fraction of sp³-hybridized carbons (Fsp3) is 0.484. The predicted molar refractivity (Wildman–Crippen MR) is 158 cm³/mol. The summed E-state index contributed by atoms with van der Waals surface area (Å²) in [6.07, 6.45) is 18.3. The van der Waals surface area contributed by atoms with Crippen molar-refractivity contribution >= 4 is 23.3 Å². The summed E-state index contributed by atoms with van der Waals surface area (Å²) in [6.45, 7) is 5.16. The van der Waals surface area contributed by atoms with Gasteiger partial charge in [0.25, 0.3) is 0 Å². The first kappa shape index (κ1) is 28.5. The van der Waals surface area contributed by atoms with Gasteiger partial charge in [0, 0.05) is 38.2 Å². The van der Waals surface area contributed by atoms with Crippen LogP contribution in [0.4, 0.5) is 4.79 Å². The molecule has 1 unspecified atom stereocenters. The minimum absolute atomic E-state index is 0.108. The summed E-state index contributed by atoms with van der Waals surface area (Å²) in [5, 5.41) is 18.8. The maximum absolute atomic E-state index is 11.7. The van der Waals surface area contributed by atoms with Crippen molar-refractivity contribution in [2.45, 2.75) is 63.2 Å². The van der Waals surface area contributed by atoms with Crippen LogP contribution in [0.1, 0.15) is 55.8 Å². The van der Waals surface area contributed by atoms with Crippen LogP contribution in [0.2, 0.25) is 5.02 Å². The number of dihydropyridines is 1. The third-order valence-corrected chi connectivity index (χ3v) is 8.45. The van der Waals surface area contributed by atoms with Gasteiger partial charge in [-0.15, -0.1) is 0 Å². The molecular weight excluding hydrogens is 526 g/mol. The summed E-state index contributed by atoms with van der Waals surface area (Å²) >= 11 is 6.29. The molecule has 0 bridgehead atoms. The van der Waals surface area contributed by atoms with Gasteiger partial charge in [0.05, 0.1) is 24.3 Å². The van der Waals surface area contributed by atoms with Crippen LogP contribution in [0, 0.1) is 0 Å². The molecule has 3 N–H and O–H groups in total. The highest BCUT2D eigenvalue weighted by molar-refractivity contribution is 6.30. The Morgan fingerprint density at radius 1 is 1.20 bits per heavy atom. The van der Waals surface area contributed by atoms with E-state index in [0.29, 0.717) is 5.02 Å². The molecule has 40 heavy (non-hydrogen) atoms. The summed E-state index contributed by atoms with van der Waals surface area (Å²) in [5.41, 5.74) is 3.67. The Hall–Kier alpha value is -3.07. The zero-order valence-corrected chi connectivity index (χ0v) is 24.2. The standard InChI is InChI=1S/C20H20ClN3O.C11H20N2O2/c1-20(25,19-11-22-12-24(19)2)17-8-14-4-3-7-23-18(14)9-13-5-6-15(21)10-16(13)17;14-11(13-8-6-12-7-9-13)15-10-4-2-1-3-5-10/h3-8,10-12,18,23,25H,9H2,1-2H3;10,12H,1-9H2/t18?,20-;/m1./s1. The number of carbonyl (C=O) groups is 1. The maximum Gasteiger partial charge on any atom is 0.410 e. The Morgan fingerprint density at radius 3 is 2.70 bits per heavy atom. The zero-order valence-electron chi connectivity index (χ0n) is 23.4. The van der Waals surface area contributed by atoms with Gasteiger partial charge < -0.3 is 29.9 Å². The molecule has 214 valence electrons. The van der Waals surface area contributed by atoms with Gasteiger partial charge in [0.1, 0.15) is 11.7 Å². The summed E-state index contributed by atoms with van der Waals surface area (Å²) in [7, 11) is 1.89. The average molecular weight is 566 g/mol. The molecule has 2 fully saturated rings. The average Bonchev–Trinajstić information content (AvgIpc) is 3.34. The van der Waals surface area contributed by atoms with Crippen LogP contribution in [0.3, 0.4) is 0 Å². The third-order valence-electron chi connectivity index (χ3n) is 8.22. The number of aromatic nitrogens is 2. The first-order chi connectivity index (χ1) is 19.3. The van der Waals surface area contributed by atoms with Gasteiger partial charge in [-0.2, -0.15) is 0 Å². The number of nitrogens with zero attached hydrogens (tertiary/aromatic N) is 3. The second kappa shape index (κ2) is 12.6. The van der Waals surface area contributed by atoms with Crippen LogP contribution < -0.4 is 10.6 Å². The Balaban J connectivity index is 0.000000184. The molecule has 2 aliphatic carbocycles. The Labute approximate surface area is 241 Å². The van der Waals surface area contributed by atoms with Gasteiger partial charge in [-0.3, -0.25) is 0 Å². The van der Waals surface area contributed by atoms with Gasteiger partial charge in [0.15, 0.2) is 0 Å². The fourth-order valence-corrected chi connectivity index (χ4v) is 6.10. The first-order valence-corrected chi connectivity index (χ1v) is 14.7. The van der Waals surface area contributed by atoms with E-state index in [2.05, 4.69) is 27.8 Å². The molecule has 1 aromatic heterocycles. The van der Waals surface area contributed by atoms with E-state index in [1.54, 1.807) is 12.5 Å². The second-order valence-electron chi connectivity index (χ2n) is 11.2. The molecule has 2 aromatic rings. The number of halogens is 1. The van der Waals surface area contributed by atoms with Gasteiger partial charge in [-0.05, 0) is 91.8 Å². The highest BCUT2D eigenvalue weighted by atomic mass is 35.5. The van der Waals surface area contributed by atoms with Crippen molar-refractivity contribution in [1.82, 2.24) is 25.1 Å². The molecule has 8 nitrogen and oxygen atoms in total. The Morgan fingerprint density at radius 2 is 1.98 bits per heavy atom. The molecule has 3 heterocycles. The maximum atomic E-state index is 11.7. The monoisotopic (exact) mass is 565 g/mol. The van der Waals surface area contributed by atoms with Crippen molar-refractivity contribution in [3.63, 3.8) is 0 Å².